The number of carbonyl (C=O) groups excluding carboxylic acids is 1. The van der Waals surface area contributed by atoms with E-state index >= 15 is 0 Å². The zero-order valence-corrected chi connectivity index (χ0v) is 9.45. The van der Waals surface area contributed by atoms with Crippen LogP contribution in [0, 0.1) is 5.92 Å². The molecule has 5 nitrogen and oxygen atoms in total. The second kappa shape index (κ2) is 4.92. The van der Waals surface area contributed by atoms with E-state index in [1.54, 1.807) is 7.11 Å². The molecule has 1 heterocycles. The minimum Gasteiger partial charge on any atom is -0.394 e. The maximum absolute atomic E-state index is 11.1. The van der Waals surface area contributed by atoms with Gasteiger partial charge in [-0.25, -0.2) is 0 Å². The standard InChI is InChI=1S/C10H19NO4/c1-10(2,14-3)15-6-7-4-9(13)11-8(7)5-12/h7-8,12H,4-6H2,1-3H3,(H,11,13)/t7?,8-/m1/s1. The van der Waals surface area contributed by atoms with Crippen LogP contribution in [-0.2, 0) is 14.3 Å². The van der Waals surface area contributed by atoms with Crippen molar-refractivity contribution in [2.45, 2.75) is 32.1 Å². The molecule has 1 fully saturated rings. The summed E-state index contributed by atoms with van der Waals surface area (Å²) in [5.41, 5.74) is 0. The number of ether oxygens (including phenoxy) is 2. The van der Waals surface area contributed by atoms with E-state index in [9.17, 15) is 4.79 Å². The molecule has 1 aliphatic heterocycles. The summed E-state index contributed by atoms with van der Waals surface area (Å²) in [5.74, 6) is -0.652. The molecule has 5 heteroatoms. The third kappa shape index (κ3) is 3.44. The van der Waals surface area contributed by atoms with Gasteiger partial charge in [0.2, 0.25) is 5.91 Å². The molecule has 0 aromatic rings. The van der Waals surface area contributed by atoms with Crippen molar-refractivity contribution in [3.8, 4) is 0 Å². The molecule has 0 aromatic heterocycles. The Balaban J connectivity index is 2.41. The molecule has 15 heavy (non-hydrogen) atoms. The highest BCUT2D eigenvalue weighted by molar-refractivity contribution is 5.79. The number of aliphatic hydroxyl groups excluding tert-OH is 1. The van der Waals surface area contributed by atoms with Gasteiger partial charge >= 0.3 is 0 Å². The summed E-state index contributed by atoms with van der Waals surface area (Å²) in [6.45, 7) is 3.98. The Kier molecular flexibility index (Phi) is 4.07. The van der Waals surface area contributed by atoms with Crippen LogP contribution in [0.3, 0.4) is 0 Å². The Bertz CT molecular complexity index is 229. The van der Waals surface area contributed by atoms with Crippen LogP contribution in [-0.4, -0.2) is 43.2 Å². The number of carbonyl (C=O) groups is 1. The van der Waals surface area contributed by atoms with E-state index in [0.29, 0.717) is 13.0 Å². The van der Waals surface area contributed by atoms with Crippen LogP contribution >= 0.6 is 0 Å². The topological polar surface area (TPSA) is 67.8 Å². The first kappa shape index (κ1) is 12.4. The summed E-state index contributed by atoms with van der Waals surface area (Å²) in [6.07, 6.45) is 0.408. The molecular weight excluding hydrogens is 198 g/mol. The monoisotopic (exact) mass is 217 g/mol. The summed E-state index contributed by atoms with van der Waals surface area (Å²) in [6, 6.07) is -0.190. The van der Waals surface area contributed by atoms with Gasteiger partial charge in [0.05, 0.1) is 19.3 Å². The van der Waals surface area contributed by atoms with Crippen LogP contribution in [0.4, 0.5) is 0 Å². The quantitative estimate of drug-likeness (QED) is 0.630. The molecule has 0 bridgehead atoms. The summed E-state index contributed by atoms with van der Waals surface area (Å²) in [5, 5.41) is 11.7. The van der Waals surface area contributed by atoms with Crippen molar-refractivity contribution >= 4 is 5.91 Å². The van der Waals surface area contributed by atoms with Gasteiger partial charge in [-0.3, -0.25) is 4.79 Å². The van der Waals surface area contributed by atoms with Crippen LogP contribution in [0.1, 0.15) is 20.3 Å². The average Bonchev–Trinajstić information content (AvgIpc) is 2.56. The molecule has 0 aliphatic carbocycles. The Morgan fingerprint density at radius 3 is 2.80 bits per heavy atom. The molecule has 1 unspecified atom stereocenters. The fourth-order valence-electron chi connectivity index (χ4n) is 1.50. The highest BCUT2D eigenvalue weighted by Crippen LogP contribution is 2.20. The Morgan fingerprint density at radius 1 is 1.60 bits per heavy atom. The third-order valence-corrected chi connectivity index (χ3v) is 2.70. The molecule has 2 N–H and O–H groups in total. The molecular formula is C10H19NO4. The van der Waals surface area contributed by atoms with Crippen LogP contribution in [0.25, 0.3) is 0 Å². The zero-order chi connectivity index (χ0) is 11.5. The lowest BCUT2D eigenvalue weighted by molar-refractivity contribution is -0.204. The Hall–Kier alpha value is -0.650. The van der Waals surface area contributed by atoms with Crippen molar-refractivity contribution in [1.29, 1.82) is 0 Å². The zero-order valence-electron chi connectivity index (χ0n) is 9.45. The third-order valence-electron chi connectivity index (χ3n) is 2.70. The first-order valence-corrected chi connectivity index (χ1v) is 5.08. The SMILES string of the molecule is COC(C)(C)OCC1CC(=O)N[C@@H]1CO. The van der Waals surface area contributed by atoms with Crippen molar-refractivity contribution in [2.75, 3.05) is 20.3 Å². The maximum atomic E-state index is 11.1. The van der Waals surface area contributed by atoms with E-state index in [2.05, 4.69) is 5.32 Å². The molecule has 0 aromatic carbocycles. The fourth-order valence-corrected chi connectivity index (χ4v) is 1.50. The predicted molar refractivity (Wildman–Crippen MR) is 54.2 cm³/mol. The molecule has 0 saturated carbocycles. The van der Waals surface area contributed by atoms with Crippen LogP contribution in [0.15, 0.2) is 0 Å². The van der Waals surface area contributed by atoms with Crippen molar-refractivity contribution in [3.05, 3.63) is 0 Å². The van der Waals surface area contributed by atoms with Crippen LogP contribution < -0.4 is 5.32 Å². The second-order valence-corrected chi connectivity index (χ2v) is 4.24. The second-order valence-electron chi connectivity index (χ2n) is 4.24. The van der Waals surface area contributed by atoms with Gasteiger partial charge < -0.3 is 19.9 Å². The van der Waals surface area contributed by atoms with Gasteiger partial charge in [-0.05, 0) is 13.8 Å². The Morgan fingerprint density at radius 2 is 2.27 bits per heavy atom. The molecule has 1 rings (SSSR count). The van der Waals surface area contributed by atoms with E-state index < -0.39 is 5.79 Å². The lowest BCUT2D eigenvalue weighted by atomic mass is 10.0. The van der Waals surface area contributed by atoms with Gasteiger partial charge in [0.15, 0.2) is 5.79 Å². The van der Waals surface area contributed by atoms with Gasteiger partial charge in [0, 0.05) is 19.4 Å². The highest BCUT2D eigenvalue weighted by atomic mass is 16.7. The number of nitrogens with one attached hydrogen (secondary N) is 1. The number of methoxy groups -OCH3 is 1. The molecule has 1 saturated heterocycles. The van der Waals surface area contributed by atoms with E-state index in [4.69, 9.17) is 14.6 Å². The minimum absolute atomic E-state index is 0.0249. The summed E-state index contributed by atoms with van der Waals surface area (Å²) < 4.78 is 10.6. The molecule has 1 aliphatic rings. The van der Waals surface area contributed by atoms with Crippen molar-refractivity contribution in [3.63, 3.8) is 0 Å². The Labute approximate surface area is 89.8 Å². The normalized spacial score (nSPS) is 26.8. The lowest BCUT2D eigenvalue weighted by Crippen LogP contribution is -2.36. The first-order valence-electron chi connectivity index (χ1n) is 5.08. The van der Waals surface area contributed by atoms with E-state index in [1.165, 1.54) is 0 Å². The number of aliphatic hydroxyl groups is 1. The summed E-state index contributed by atoms with van der Waals surface area (Å²) >= 11 is 0. The minimum atomic E-state index is -0.647. The van der Waals surface area contributed by atoms with Crippen LogP contribution in [0.2, 0.25) is 0 Å². The largest absolute Gasteiger partial charge is 0.394 e. The molecule has 2 atom stereocenters. The van der Waals surface area contributed by atoms with Crippen molar-refractivity contribution in [1.82, 2.24) is 5.32 Å². The number of amides is 1. The number of rotatable bonds is 5. The summed E-state index contributed by atoms with van der Waals surface area (Å²) in [4.78, 5) is 11.1. The number of hydrogen-bond donors (Lipinski definition) is 2. The van der Waals surface area contributed by atoms with Gasteiger partial charge in [-0.15, -0.1) is 0 Å². The lowest BCUT2D eigenvalue weighted by Gasteiger charge is -2.26. The van der Waals surface area contributed by atoms with Gasteiger partial charge in [-0.1, -0.05) is 0 Å². The van der Waals surface area contributed by atoms with E-state index in [0.717, 1.165) is 0 Å². The van der Waals surface area contributed by atoms with Gasteiger partial charge in [-0.2, -0.15) is 0 Å². The van der Waals surface area contributed by atoms with Crippen LogP contribution in [0.5, 0.6) is 0 Å². The average molecular weight is 217 g/mol. The highest BCUT2D eigenvalue weighted by Gasteiger charge is 2.33. The first-order chi connectivity index (χ1) is 6.98. The van der Waals surface area contributed by atoms with Gasteiger partial charge in [0.25, 0.3) is 0 Å². The molecule has 1 amide bonds. The van der Waals surface area contributed by atoms with Crippen molar-refractivity contribution < 1.29 is 19.4 Å². The van der Waals surface area contributed by atoms with Crippen molar-refractivity contribution in [2.24, 2.45) is 5.92 Å². The smallest absolute Gasteiger partial charge is 0.220 e. The predicted octanol–water partition coefficient (Wildman–Crippen LogP) is -0.118. The molecule has 88 valence electrons. The molecule has 0 spiro atoms. The maximum Gasteiger partial charge on any atom is 0.220 e. The van der Waals surface area contributed by atoms with E-state index in [-0.39, 0.29) is 24.5 Å². The number of hydrogen-bond acceptors (Lipinski definition) is 4. The summed E-state index contributed by atoms with van der Waals surface area (Å²) in [7, 11) is 1.57. The van der Waals surface area contributed by atoms with E-state index in [1.807, 2.05) is 13.8 Å². The fraction of sp³-hybridized carbons (Fsp3) is 0.900. The van der Waals surface area contributed by atoms with Gasteiger partial charge in [0.1, 0.15) is 0 Å². The molecule has 0 radical (unpaired) electrons.